The molecule has 8 heterocycles. The highest BCUT2D eigenvalue weighted by Crippen LogP contribution is 2.45. The number of furan rings is 2. The minimum absolute atomic E-state index is 0.511. The molecule has 0 bridgehead atoms. The van der Waals surface area contributed by atoms with Gasteiger partial charge in [0.1, 0.15) is 38.8 Å². The Morgan fingerprint density at radius 1 is 0.223 bits per heavy atom. The maximum absolute atomic E-state index is 6.97. The van der Waals surface area contributed by atoms with Gasteiger partial charge in [0.2, 0.25) is 23.6 Å². The summed E-state index contributed by atoms with van der Waals surface area (Å²) in [5, 5.41) is 8.21. The van der Waals surface area contributed by atoms with E-state index < -0.39 is 0 Å². The van der Waals surface area contributed by atoms with Crippen molar-refractivity contribution in [3.8, 4) is 79.4 Å². The van der Waals surface area contributed by atoms with Gasteiger partial charge in [-0.25, -0.2) is 19.9 Å². The Balaban J connectivity index is 0.678. The van der Waals surface area contributed by atoms with Crippen LogP contribution in [0.15, 0.2) is 293 Å². The second-order valence-electron chi connectivity index (χ2n) is 24.1. The summed E-state index contributed by atoms with van der Waals surface area (Å²) in [6.07, 6.45) is 0. The normalized spacial score (nSPS) is 12.3. The molecule has 94 heavy (non-hydrogen) atoms. The SMILES string of the molecule is c1cc(-c2ccc3oc4ccccc4c3c2)cc(-n2c3ccc(-c4nc5ccccc5o4)cc3c3cc(-c4nc5cccc(-c6ccc7oc8c(-n9c%10ccc(-c%11nc%12ccccc%12o%11)cc%10c%10cc(-c%11nc%12ccccc%12o%11)ccc%109)cccc8c7c6)c5o4)ccc32)c1. The van der Waals surface area contributed by atoms with Crippen LogP contribution in [-0.4, -0.2) is 29.1 Å². The van der Waals surface area contributed by atoms with E-state index in [9.17, 15) is 0 Å². The Hall–Kier alpha value is -13.1. The summed E-state index contributed by atoms with van der Waals surface area (Å²) in [6.45, 7) is 0. The Bertz CT molecular complexity index is 6550. The van der Waals surface area contributed by atoms with Crippen molar-refractivity contribution in [3.63, 3.8) is 0 Å². The summed E-state index contributed by atoms with van der Waals surface area (Å²) < 4.78 is 43.8. The van der Waals surface area contributed by atoms with Crippen LogP contribution in [0, 0.1) is 0 Å². The first-order chi connectivity index (χ1) is 46.5. The van der Waals surface area contributed by atoms with E-state index in [4.69, 9.17) is 46.4 Å². The molecule has 0 aliphatic heterocycles. The molecule has 0 aliphatic carbocycles. The fourth-order valence-corrected chi connectivity index (χ4v) is 14.3. The van der Waals surface area contributed by atoms with Gasteiger partial charge in [-0.2, -0.15) is 0 Å². The van der Waals surface area contributed by atoms with Crippen LogP contribution in [0.25, 0.3) is 211 Å². The highest BCUT2D eigenvalue weighted by molar-refractivity contribution is 6.16. The molecule has 13 aromatic carbocycles. The quantitative estimate of drug-likeness (QED) is 0.144. The maximum atomic E-state index is 6.97. The predicted molar refractivity (Wildman–Crippen MR) is 373 cm³/mol. The molecule has 0 amide bonds. The van der Waals surface area contributed by atoms with Crippen LogP contribution in [0.2, 0.25) is 0 Å². The molecule has 0 radical (unpaired) electrons. The number of hydrogen-bond acceptors (Lipinski definition) is 10. The first-order valence-corrected chi connectivity index (χ1v) is 31.1. The van der Waals surface area contributed by atoms with Gasteiger partial charge in [-0.05, 0) is 180 Å². The van der Waals surface area contributed by atoms with Crippen LogP contribution in [0.5, 0.6) is 0 Å². The van der Waals surface area contributed by atoms with Gasteiger partial charge in [0.05, 0.1) is 27.8 Å². The lowest BCUT2D eigenvalue weighted by molar-refractivity contribution is 0.619. The largest absolute Gasteiger partial charge is 0.456 e. The average molecular weight is 1210 g/mol. The van der Waals surface area contributed by atoms with Gasteiger partial charge in [0, 0.05) is 76.6 Å². The molecule has 0 N–H and O–H groups in total. The Kier molecular flexibility index (Phi) is 10.4. The van der Waals surface area contributed by atoms with E-state index in [1.165, 1.54) is 0 Å². The van der Waals surface area contributed by atoms with Crippen LogP contribution in [0.4, 0.5) is 0 Å². The zero-order valence-electron chi connectivity index (χ0n) is 49.5. The van der Waals surface area contributed by atoms with Gasteiger partial charge in [-0.3, -0.25) is 0 Å². The number of rotatable bonds is 8. The number of aromatic nitrogens is 6. The van der Waals surface area contributed by atoms with Crippen molar-refractivity contribution in [1.29, 1.82) is 0 Å². The van der Waals surface area contributed by atoms with Crippen LogP contribution < -0.4 is 0 Å². The molecule has 21 rings (SSSR count). The number of oxazole rings is 4. The number of hydrogen-bond donors (Lipinski definition) is 0. The van der Waals surface area contributed by atoms with Crippen molar-refractivity contribution in [2.45, 2.75) is 0 Å². The van der Waals surface area contributed by atoms with E-state index in [1.807, 2.05) is 97.1 Å². The number of fused-ring (bicyclic) bond motifs is 16. The van der Waals surface area contributed by atoms with Crippen LogP contribution in [-0.2, 0) is 0 Å². The summed E-state index contributed by atoms with van der Waals surface area (Å²) in [5.74, 6) is 2.17. The zero-order valence-corrected chi connectivity index (χ0v) is 49.5. The van der Waals surface area contributed by atoms with Crippen LogP contribution in [0.3, 0.4) is 0 Å². The van der Waals surface area contributed by atoms with E-state index in [1.54, 1.807) is 0 Å². The fourth-order valence-electron chi connectivity index (χ4n) is 14.3. The molecule has 438 valence electrons. The Labute approximate surface area is 531 Å². The highest BCUT2D eigenvalue weighted by atomic mass is 16.4. The maximum Gasteiger partial charge on any atom is 0.227 e. The van der Waals surface area contributed by atoms with Gasteiger partial charge in [0.15, 0.2) is 27.9 Å². The van der Waals surface area contributed by atoms with E-state index >= 15 is 0 Å². The molecule has 0 saturated heterocycles. The van der Waals surface area contributed by atoms with Gasteiger partial charge < -0.3 is 35.6 Å². The molecule has 0 saturated carbocycles. The van der Waals surface area contributed by atoms with Crippen molar-refractivity contribution in [2.75, 3.05) is 0 Å². The van der Waals surface area contributed by atoms with Crippen molar-refractivity contribution < 1.29 is 26.5 Å². The van der Waals surface area contributed by atoms with Crippen molar-refractivity contribution in [1.82, 2.24) is 29.1 Å². The third-order valence-electron chi connectivity index (χ3n) is 18.7. The predicted octanol–water partition coefficient (Wildman–Crippen LogP) is 22.2. The van der Waals surface area contributed by atoms with Crippen molar-refractivity contribution >= 4 is 132 Å². The number of nitrogens with zero attached hydrogens (tertiary/aromatic N) is 6. The van der Waals surface area contributed by atoms with E-state index in [2.05, 4.69) is 179 Å². The summed E-state index contributed by atoms with van der Waals surface area (Å²) in [7, 11) is 0. The average Bonchev–Trinajstić information content (AvgIpc) is 1.58. The molecule has 12 nitrogen and oxygen atoms in total. The summed E-state index contributed by atoms with van der Waals surface area (Å²) in [6, 6.07) is 91.5. The van der Waals surface area contributed by atoms with Gasteiger partial charge in [-0.1, -0.05) is 103 Å². The standard InChI is InChI=1S/C82H44N6O6/c1-5-22-71-54(14-1)60-39-46(30-36-72(60)89-71)45-12-9-13-52(38-45)87-66-32-26-48(79-83-62-17-2-6-23-74(62)91-79)41-56(66)57-44-51(27-33-67(57)87)82-86-65-20-10-15-53(77(65)94-82)47-31-37-73-61(40-47)55-16-11-21-70(78(55)90-73)88-68-34-28-49(80-84-63-18-3-7-24-75(63)92-80)42-58(68)59-43-50(29-35-69(59)88)81-85-64-19-4-8-25-76(64)93-81/h1-44H. The van der Waals surface area contributed by atoms with Crippen LogP contribution >= 0.6 is 0 Å². The van der Waals surface area contributed by atoms with E-state index in [0.717, 1.165) is 182 Å². The summed E-state index contributed by atoms with van der Waals surface area (Å²) in [5.41, 5.74) is 22.8. The number of para-hydroxylation sites is 9. The van der Waals surface area contributed by atoms with Crippen molar-refractivity contribution in [3.05, 3.63) is 267 Å². The second kappa shape index (κ2) is 19.2. The van der Waals surface area contributed by atoms with E-state index in [0.29, 0.717) is 29.1 Å². The van der Waals surface area contributed by atoms with Gasteiger partial charge in [-0.15, -0.1) is 0 Å². The third-order valence-corrected chi connectivity index (χ3v) is 18.7. The Morgan fingerprint density at radius 3 is 1.23 bits per heavy atom. The first kappa shape index (κ1) is 50.8. The van der Waals surface area contributed by atoms with Crippen LogP contribution in [0.1, 0.15) is 0 Å². The second-order valence-corrected chi connectivity index (χ2v) is 24.1. The molecule has 0 aliphatic rings. The lowest BCUT2D eigenvalue weighted by Crippen LogP contribution is -1.94. The molecule has 0 spiro atoms. The fraction of sp³-hybridized carbons (Fsp3) is 0. The molecule has 0 atom stereocenters. The number of benzene rings is 13. The molecule has 12 heteroatoms. The zero-order chi connectivity index (χ0) is 61.3. The minimum atomic E-state index is 0.511. The molecule has 21 aromatic rings. The summed E-state index contributed by atoms with van der Waals surface area (Å²) >= 11 is 0. The molecule has 8 aromatic heterocycles. The molecular formula is C82H44N6O6. The van der Waals surface area contributed by atoms with Gasteiger partial charge >= 0.3 is 0 Å². The first-order valence-electron chi connectivity index (χ1n) is 31.1. The smallest absolute Gasteiger partial charge is 0.227 e. The Morgan fingerprint density at radius 2 is 0.638 bits per heavy atom. The molecule has 0 unspecified atom stereocenters. The summed E-state index contributed by atoms with van der Waals surface area (Å²) in [4.78, 5) is 19.9. The topological polar surface area (TPSA) is 140 Å². The lowest BCUT2D eigenvalue weighted by Gasteiger charge is -2.11. The third kappa shape index (κ3) is 7.62. The lowest BCUT2D eigenvalue weighted by atomic mass is 10.0. The monoisotopic (exact) mass is 1210 g/mol. The molecule has 0 fully saturated rings. The highest BCUT2D eigenvalue weighted by Gasteiger charge is 2.24. The van der Waals surface area contributed by atoms with Gasteiger partial charge in [0.25, 0.3) is 0 Å². The van der Waals surface area contributed by atoms with E-state index in [-0.39, 0.29) is 0 Å². The minimum Gasteiger partial charge on any atom is -0.456 e. The molecular weight excluding hydrogens is 1160 g/mol. The van der Waals surface area contributed by atoms with Crippen molar-refractivity contribution in [2.24, 2.45) is 0 Å².